The van der Waals surface area contributed by atoms with Crippen molar-refractivity contribution in [3.63, 3.8) is 0 Å². The summed E-state index contributed by atoms with van der Waals surface area (Å²) in [6, 6.07) is 79.5. The summed E-state index contributed by atoms with van der Waals surface area (Å²) in [4.78, 5) is 39.9. The predicted octanol–water partition coefficient (Wildman–Crippen LogP) is 18.3. The van der Waals surface area contributed by atoms with Crippen LogP contribution in [0.25, 0.3) is 0 Å². The molecule has 12 nitrogen and oxygen atoms in total. The maximum atomic E-state index is 13.4. The number of rotatable bonds is 17. The van der Waals surface area contributed by atoms with Gasteiger partial charge in [-0.15, -0.1) is 0 Å². The van der Waals surface area contributed by atoms with Gasteiger partial charge in [-0.3, -0.25) is 0 Å². The molecule has 0 bridgehead atoms. The van der Waals surface area contributed by atoms with Crippen LogP contribution in [-0.2, 0) is 10.8 Å². The van der Waals surface area contributed by atoms with Gasteiger partial charge in [0.1, 0.15) is 17.2 Å². The average molecular weight is 1050 g/mol. The van der Waals surface area contributed by atoms with Crippen molar-refractivity contribution in [3.05, 3.63) is 305 Å². The summed E-state index contributed by atoms with van der Waals surface area (Å²) in [5.41, 5.74) is 8.82. The first-order valence-corrected chi connectivity index (χ1v) is 25.8. The molecule has 0 unspecified atom stereocenters. The molecular weight excluding hydrogens is 997 g/mol. The Balaban J connectivity index is 0.853. The Morgan fingerprint density at radius 1 is 0.263 bits per heavy atom. The molecule has 0 fully saturated rings. The Bertz CT molecular complexity index is 3670. The lowest BCUT2D eigenvalue weighted by molar-refractivity contribution is 0.0725. The summed E-state index contributed by atoms with van der Waals surface area (Å²) < 4.78 is 17.5. The van der Waals surface area contributed by atoms with Crippen LogP contribution < -0.4 is 14.2 Å². The molecule has 0 radical (unpaired) electrons. The molecule has 10 aromatic carbocycles. The van der Waals surface area contributed by atoms with Crippen LogP contribution in [0.4, 0.5) is 34.1 Å². The third-order valence-electron chi connectivity index (χ3n) is 13.7. The zero-order valence-corrected chi connectivity index (χ0v) is 44.0. The van der Waals surface area contributed by atoms with Gasteiger partial charge in [0.25, 0.3) is 0 Å². The molecule has 0 saturated carbocycles. The number of esters is 3. The molecule has 0 aliphatic heterocycles. The number of nitrogens with zero attached hydrogens (tertiary/aromatic N) is 6. The zero-order chi connectivity index (χ0) is 55.3. The molecule has 0 atom stereocenters. The van der Waals surface area contributed by atoms with Crippen LogP contribution in [-0.4, -0.2) is 17.9 Å². The Morgan fingerprint density at radius 2 is 0.475 bits per heavy atom. The Morgan fingerprint density at radius 3 is 0.738 bits per heavy atom. The Kier molecular flexibility index (Phi) is 16.0. The van der Waals surface area contributed by atoms with Crippen LogP contribution in [0.15, 0.2) is 292 Å². The molecule has 12 heteroatoms. The van der Waals surface area contributed by atoms with Gasteiger partial charge in [0.2, 0.25) is 0 Å². The van der Waals surface area contributed by atoms with Gasteiger partial charge in [-0.05, 0) is 180 Å². The molecule has 0 aliphatic carbocycles. The molecule has 0 saturated heterocycles. The Labute approximate surface area is 463 Å². The molecule has 0 aliphatic rings. The van der Waals surface area contributed by atoms with E-state index in [0.717, 1.165) is 44.9 Å². The molecule has 10 aromatic rings. The molecule has 0 spiro atoms. The van der Waals surface area contributed by atoms with Gasteiger partial charge in [0.05, 0.1) is 50.8 Å². The highest BCUT2D eigenvalue weighted by atomic mass is 16.5. The smallest absolute Gasteiger partial charge is 0.343 e. The first-order valence-electron chi connectivity index (χ1n) is 25.8. The van der Waals surface area contributed by atoms with Gasteiger partial charge in [-0.1, -0.05) is 129 Å². The number of carbonyl (C=O) groups is 3. The summed E-state index contributed by atoms with van der Waals surface area (Å²) in [6.07, 6.45) is 0. The minimum Gasteiger partial charge on any atom is -0.423 e. The van der Waals surface area contributed by atoms with Crippen molar-refractivity contribution in [3.8, 4) is 17.2 Å². The fraction of sp³-hybridized carbons (Fsp3) is 0.0735. The van der Waals surface area contributed by atoms with Crippen LogP contribution in [0.2, 0.25) is 0 Å². The molecule has 0 heterocycles. The highest BCUT2D eigenvalue weighted by Crippen LogP contribution is 2.42. The lowest BCUT2D eigenvalue weighted by Crippen LogP contribution is -2.26. The Hall–Kier alpha value is -10.6. The normalized spacial score (nSPS) is 12.3. The van der Waals surface area contributed by atoms with Crippen molar-refractivity contribution < 1.29 is 28.6 Å². The number of hydrogen-bond donors (Lipinski definition) is 0. The number of ether oxygens (including phenoxy) is 3. The summed E-state index contributed by atoms with van der Waals surface area (Å²) in [5.74, 6) is -0.342. The second-order valence-electron chi connectivity index (χ2n) is 19.3. The molecule has 80 heavy (non-hydrogen) atoms. The predicted molar refractivity (Wildman–Crippen MR) is 310 cm³/mol. The van der Waals surface area contributed by atoms with Crippen LogP contribution >= 0.6 is 0 Å². The minimum absolute atomic E-state index is 0.365. The van der Waals surface area contributed by atoms with E-state index in [-0.39, 0.29) is 0 Å². The van der Waals surface area contributed by atoms with E-state index in [1.165, 1.54) is 0 Å². The SMILES string of the molecule is CC(C)(c1ccc(OC(=O)c2ccc(N=Nc3ccccc3)cc2)cc1)c1ccc(C(C)(c2ccc(OC(=O)c3ccc(N=Nc4ccccc4)cc3)cc2)c2ccc(OC(=O)c3ccc(N=Nc4ccccc4)cc3)cc2)cc1. The third kappa shape index (κ3) is 12.8. The largest absolute Gasteiger partial charge is 0.423 e. The molecule has 10 rings (SSSR count). The first-order chi connectivity index (χ1) is 39.0. The van der Waals surface area contributed by atoms with E-state index in [1.807, 2.05) is 127 Å². The van der Waals surface area contributed by atoms with Gasteiger partial charge >= 0.3 is 17.9 Å². The van der Waals surface area contributed by atoms with Crippen molar-refractivity contribution in [1.29, 1.82) is 0 Å². The van der Waals surface area contributed by atoms with E-state index in [9.17, 15) is 14.4 Å². The van der Waals surface area contributed by atoms with Gasteiger partial charge in [0, 0.05) is 10.8 Å². The second kappa shape index (κ2) is 24.2. The van der Waals surface area contributed by atoms with Crippen LogP contribution in [0, 0.1) is 0 Å². The molecule has 0 N–H and O–H groups in total. The third-order valence-corrected chi connectivity index (χ3v) is 13.7. The average Bonchev–Trinajstić information content (AvgIpc) is 3.55. The standard InChI is InChI=1S/C68H52N6O6/c1-67(2,51-29-41-61(42-30-51)78-64(75)47-19-35-58(36-20-47)72-69-55-13-7-4-8-14-55)50-25-27-52(28-26-50)68(3,53-31-43-62(44-32-53)79-65(76)48-21-37-59(38-22-48)73-70-56-15-9-5-10-16-56)54-33-45-63(46-34-54)80-66(77)49-23-39-60(40-24-49)74-71-57-17-11-6-12-18-57/h4-46H,1-3H3. The molecule has 0 aromatic heterocycles. The van der Waals surface area contributed by atoms with E-state index in [4.69, 9.17) is 14.2 Å². The lowest BCUT2D eigenvalue weighted by Gasteiger charge is -2.33. The van der Waals surface area contributed by atoms with E-state index in [0.29, 0.717) is 51.0 Å². The number of hydrogen-bond acceptors (Lipinski definition) is 12. The fourth-order valence-corrected chi connectivity index (χ4v) is 8.86. The summed E-state index contributed by atoms with van der Waals surface area (Å²) in [5, 5.41) is 25.6. The van der Waals surface area contributed by atoms with Crippen molar-refractivity contribution in [2.24, 2.45) is 30.7 Å². The molecular formula is C68H52N6O6. The van der Waals surface area contributed by atoms with Crippen LogP contribution in [0.1, 0.15) is 79.7 Å². The topological polar surface area (TPSA) is 153 Å². The van der Waals surface area contributed by atoms with Crippen molar-refractivity contribution >= 4 is 52.0 Å². The first kappa shape index (κ1) is 52.8. The van der Waals surface area contributed by atoms with Gasteiger partial charge in [-0.25, -0.2) is 14.4 Å². The van der Waals surface area contributed by atoms with E-state index in [1.54, 1.807) is 109 Å². The van der Waals surface area contributed by atoms with Crippen LogP contribution in [0.3, 0.4) is 0 Å². The van der Waals surface area contributed by atoms with Crippen molar-refractivity contribution in [2.75, 3.05) is 0 Å². The van der Waals surface area contributed by atoms with E-state index >= 15 is 0 Å². The molecule has 390 valence electrons. The number of azo groups is 3. The maximum Gasteiger partial charge on any atom is 0.343 e. The zero-order valence-electron chi connectivity index (χ0n) is 44.0. The van der Waals surface area contributed by atoms with Crippen LogP contribution in [0.5, 0.6) is 17.2 Å². The second-order valence-corrected chi connectivity index (χ2v) is 19.3. The minimum atomic E-state index is -0.750. The number of benzene rings is 10. The maximum absolute atomic E-state index is 13.4. The van der Waals surface area contributed by atoms with Crippen molar-refractivity contribution in [2.45, 2.75) is 31.6 Å². The highest BCUT2D eigenvalue weighted by Gasteiger charge is 2.33. The van der Waals surface area contributed by atoms with Gasteiger partial charge in [0.15, 0.2) is 0 Å². The summed E-state index contributed by atoms with van der Waals surface area (Å²) >= 11 is 0. The molecule has 0 amide bonds. The van der Waals surface area contributed by atoms with E-state index < -0.39 is 28.7 Å². The highest BCUT2D eigenvalue weighted by molar-refractivity contribution is 5.92. The van der Waals surface area contributed by atoms with Gasteiger partial charge < -0.3 is 14.2 Å². The summed E-state index contributed by atoms with van der Waals surface area (Å²) in [6.45, 7) is 6.43. The fourth-order valence-electron chi connectivity index (χ4n) is 8.86. The summed E-state index contributed by atoms with van der Waals surface area (Å²) in [7, 11) is 0. The lowest BCUT2D eigenvalue weighted by atomic mass is 9.70. The van der Waals surface area contributed by atoms with E-state index in [2.05, 4.69) is 75.7 Å². The van der Waals surface area contributed by atoms with Crippen molar-refractivity contribution in [1.82, 2.24) is 0 Å². The van der Waals surface area contributed by atoms with Gasteiger partial charge in [-0.2, -0.15) is 30.7 Å². The monoisotopic (exact) mass is 1050 g/mol. The number of carbonyl (C=O) groups excluding carboxylic acids is 3. The quantitative estimate of drug-likeness (QED) is 0.0383.